The van der Waals surface area contributed by atoms with Gasteiger partial charge >= 0.3 is 0 Å². The number of fused-ring (bicyclic) bond motifs is 2. The highest BCUT2D eigenvalue weighted by Crippen LogP contribution is 2.17. The first-order valence-electron chi connectivity index (χ1n) is 9.25. The Balaban J connectivity index is 0.00000225. The van der Waals surface area contributed by atoms with Gasteiger partial charge in [-0.05, 0) is 30.2 Å². The van der Waals surface area contributed by atoms with Gasteiger partial charge in [0, 0.05) is 56.1 Å². The molecule has 3 heterocycles. The van der Waals surface area contributed by atoms with Crippen LogP contribution in [0.5, 0.6) is 0 Å². The lowest BCUT2D eigenvalue weighted by Gasteiger charge is -2.11. The van der Waals surface area contributed by atoms with E-state index in [1.807, 2.05) is 28.8 Å². The van der Waals surface area contributed by atoms with Crippen LogP contribution in [0.3, 0.4) is 0 Å². The van der Waals surface area contributed by atoms with Crippen LogP contribution in [0.2, 0.25) is 0 Å². The van der Waals surface area contributed by atoms with Gasteiger partial charge < -0.3 is 20.0 Å². The van der Waals surface area contributed by atoms with Gasteiger partial charge in [-0.2, -0.15) is 0 Å². The number of hydrogen-bond donors (Lipinski definition) is 3. The van der Waals surface area contributed by atoms with E-state index in [2.05, 4.69) is 62.3 Å². The molecular weight excluding hydrogens is 463 g/mol. The maximum Gasteiger partial charge on any atom is 0.190 e. The van der Waals surface area contributed by atoms with Crippen molar-refractivity contribution in [2.24, 2.45) is 4.99 Å². The van der Waals surface area contributed by atoms with Crippen molar-refractivity contribution in [2.45, 2.75) is 12.8 Å². The fourth-order valence-electron chi connectivity index (χ4n) is 3.29. The summed E-state index contributed by atoms with van der Waals surface area (Å²) >= 11 is 0. The van der Waals surface area contributed by atoms with Crippen LogP contribution in [0.25, 0.3) is 16.6 Å². The quantitative estimate of drug-likeness (QED) is 0.222. The predicted octanol–water partition coefficient (Wildman–Crippen LogP) is 3.38. The highest BCUT2D eigenvalue weighted by Gasteiger charge is 2.04. The van der Waals surface area contributed by atoms with Gasteiger partial charge in [0.25, 0.3) is 0 Å². The number of aliphatic imine (C=N–C) groups is 1. The van der Waals surface area contributed by atoms with Gasteiger partial charge in [0.1, 0.15) is 5.65 Å². The molecule has 4 aromatic rings. The van der Waals surface area contributed by atoms with Crippen molar-refractivity contribution in [3.8, 4) is 0 Å². The highest BCUT2D eigenvalue weighted by atomic mass is 127. The first-order chi connectivity index (χ1) is 13.3. The molecule has 0 spiro atoms. The van der Waals surface area contributed by atoms with Gasteiger partial charge in [-0.3, -0.25) is 4.99 Å². The minimum Gasteiger partial charge on any atom is -0.361 e. The standard InChI is InChI=1S/C21H24N6.HI/c1-22-21(23-11-9-16-14-25-19-7-3-2-6-18(16)19)24-12-10-17-15-27-13-5-4-8-20(27)26-17;/h2-8,13-15,25H,9-12H2,1H3,(H2,22,23,24);1H. The van der Waals surface area contributed by atoms with E-state index in [1.54, 1.807) is 7.05 Å². The number of hydrogen-bond acceptors (Lipinski definition) is 2. The van der Waals surface area contributed by atoms with Crippen molar-refractivity contribution in [1.82, 2.24) is 25.0 Å². The number of guanidine groups is 1. The van der Waals surface area contributed by atoms with Gasteiger partial charge in [-0.25, -0.2) is 4.98 Å². The molecule has 0 fully saturated rings. The van der Waals surface area contributed by atoms with Crippen molar-refractivity contribution in [1.29, 1.82) is 0 Å². The van der Waals surface area contributed by atoms with Crippen molar-refractivity contribution in [3.63, 3.8) is 0 Å². The molecule has 0 aliphatic rings. The summed E-state index contributed by atoms with van der Waals surface area (Å²) in [4.78, 5) is 12.2. The van der Waals surface area contributed by atoms with Crippen LogP contribution in [0.1, 0.15) is 11.3 Å². The minimum absolute atomic E-state index is 0. The summed E-state index contributed by atoms with van der Waals surface area (Å²) in [5, 5.41) is 8.03. The Kier molecular flexibility index (Phi) is 6.91. The summed E-state index contributed by atoms with van der Waals surface area (Å²) in [6.07, 6.45) is 7.97. The van der Waals surface area contributed by atoms with Crippen LogP contribution in [0.15, 0.2) is 66.0 Å². The average Bonchev–Trinajstić information content (AvgIpc) is 3.30. The Morgan fingerprint density at radius 2 is 1.86 bits per heavy atom. The fraction of sp³-hybridized carbons (Fsp3) is 0.238. The van der Waals surface area contributed by atoms with E-state index in [1.165, 1.54) is 16.5 Å². The van der Waals surface area contributed by atoms with Gasteiger partial charge in [-0.15, -0.1) is 24.0 Å². The molecule has 146 valence electrons. The number of halogens is 1. The van der Waals surface area contributed by atoms with E-state index in [0.717, 1.165) is 43.2 Å². The zero-order valence-electron chi connectivity index (χ0n) is 15.9. The topological polar surface area (TPSA) is 69.5 Å². The molecule has 3 N–H and O–H groups in total. The second-order valence-corrected chi connectivity index (χ2v) is 6.48. The van der Waals surface area contributed by atoms with Gasteiger partial charge in [0.05, 0.1) is 5.69 Å². The van der Waals surface area contributed by atoms with E-state index in [4.69, 9.17) is 0 Å². The Bertz CT molecular complexity index is 1030. The van der Waals surface area contributed by atoms with E-state index in [9.17, 15) is 0 Å². The van der Waals surface area contributed by atoms with E-state index < -0.39 is 0 Å². The summed E-state index contributed by atoms with van der Waals surface area (Å²) in [6, 6.07) is 14.4. The maximum atomic E-state index is 4.62. The zero-order valence-corrected chi connectivity index (χ0v) is 18.2. The number of nitrogens with one attached hydrogen (secondary N) is 3. The lowest BCUT2D eigenvalue weighted by atomic mass is 10.1. The number of benzene rings is 1. The third-order valence-corrected chi connectivity index (χ3v) is 4.67. The lowest BCUT2D eigenvalue weighted by Crippen LogP contribution is -2.39. The molecule has 0 amide bonds. The number of para-hydroxylation sites is 1. The molecule has 0 saturated carbocycles. The highest BCUT2D eigenvalue weighted by molar-refractivity contribution is 14.0. The molecule has 3 aromatic heterocycles. The van der Waals surface area contributed by atoms with Crippen LogP contribution in [-0.4, -0.2) is 40.5 Å². The van der Waals surface area contributed by atoms with Crippen molar-refractivity contribution in [2.75, 3.05) is 20.1 Å². The summed E-state index contributed by atoms with van der Waals surface area (Å²) in [5.74, 6) is 0.818. The number of rotatable bonds is 6. The first kappa shape index (κ1) is 20.2. The minimum atomic E-state index is 0. The second-order valence-electron chi connectivity index (χ2n) is 6.48. The van der Waals surface area contributed by atoms with Crippen LogP contribution in [0, 0.1) is 0 Å². The largest absolute Gasteiger partial charge is 0.361 e. The van der Waals surface area contributed by atoms with Crippen molar-refractivity contribution >= 4 is 46.5 Å². The molecule has 0 bridgehead atoms. The van der Waals surface area contributed by atoms with Gasteiger partial charge in [0.2, 0.25) is 0 Å². The fourth-order valence-corrected chi connectivity index (χ4v) is 3.29. The molecular formula is C21H25IN6. The average molecular weight is 488 g/mol. The third kappa shape index (κ3) is 4.64. The maximum absolute atomic E-state index is 4.62. The second kappa shape index (κ2) is 9.59. The molecule has 0 unspecified atom stereocenters. The SMILES string of the molecule is CN=C(NCCc1cn2ccccc2n1)NCCc1c[nH]c2ccccc12.I. The molecule has 0 saturated heterocycles. The van der Waals surface area contributed by atoms with Crippen LogP contribution in [0.4, 0.5) is 0 Å². The molecule has 7 heteroatoms. The monoisotopic (exact) mass is 488 g/mol. The molecule has 0 aliphatic heterocycles. The Hall–Kier alpha value is -2.55. The first-order valence-corrected chi connectivity index (χ1v) is 9.25. The number of H-pyrrole nitrogens is 1. The summed E-state index contributed by atoms with van der Waals surface area (Å²) in [6.45, 7) is 1.62. The van der Waals surface area contributed by atoms with Gasteiger partial charge in [0.15, 0.2) is 5.96 Å². The number of nitrogens with zero attached hydrogens (tertiary/aromatic N) is 3. The molecule has 1 aromatic carbocycles. The smallest absolute Gasteiger partial charge is 0.190 e. The molecule has 0 atom stereocenters. The number of aromatic amines is 1. The van der Waals surface area contributed by atoms with Crippen molar-refractivity contribution in [3.05, 3.63) is 72.3 Å². The molecule has 6 nitrogen and oxygen atoms in total. The summed E-state index contributed by atoms with van der Waals surface area (Å²) in [5.41, 5.74) is 4.55. The number of pyridine rings is 1. The Morgan fingerprint density at radius 3 is 2.68 bits per heavy atom. The third-order valence-electron chi connectivity index (χ3n) is 4.67. The van der Waals surface area contributed by atoms with E-state index in [0.29, 0.717) is 0 Å². The van der Waals surface area contributed by atoms with E-state index >= 15 is 0 Å². The van der Waals surface area contributed by atoms with Crippen LogP contribution >= 0.6 is 24.0 Å². The van der Waals surface area contributed by atoms with Crippen LogP contribution < -0.4 is 10.6 Å². The normalized spacial score (nSPS) is 11.5. The summed E-state index contributed by atoms with van der Waals surface area (Å²) in [7, 11) is 1.80. The summed E-state index contributed by atoms with van der Waals surface area (Å²) < 4.78 is 2.05. The lowest BCUT2D eigenvalue weighted by molar-refractivity contribution is 0.779. The molecule has 4 rings (SSSR count). The van der Waals surface area contributed by atoms with Crippen molar-refractivity contribution < 1.29 is 0 Å². The Labute approximate surface area is 181 Å². The predicted molar refractivity (Wildman–Crippen MR) is 126 cm³/mol. The molecule has 28 heavy (non-hydrogen) atoms. The molecule has 0 radical (unpaired) electrons. The van der Waals surface area contributed by atoms with Gasteiger partial charge in [-0.1, -0.05) is 24.3 Å². The number of aromatic nitrogens is 3. The Morgan fingerprint density at radius 1 is 1.07 bits per heavy atom. The molecule has 0 aliphatic carbocycles. The zero-order chi connectivity index (χ0) is 18.5. The number of imidazole rings is 1. The van der Waals surface area contributed by atoms with Crippen LogP contribution in [-0.2, 0) is 12.8 Å². The van der Waals surface area contributed by atoms with E-state index in [-0.39, 0.29) is 24.0 Å².